The Kier molecular flexibility index (Phi) is 5.53. The second-order valence-electron chi connectivity index (χ2n) is 4.94. The van der Waals surface area contributed by atoms with Gasteiger partial charge in [-0.3, -0.25) is 4.98 Å². The number of aryl methyl sites for hydroxylation is 2. The van der Waals surface area contributed by atoms with Crippen molar-refractivity contribution in [1.29, 1.82) is 0 Å². The molecular weight excluding hydrogens is 333 g/mol. The van der Waals surface area contributed by atoms with Crippen LogP contribution in [-0.2, 0) is 9.47 Å². The molecule has 1 aromatic carbocycles. The maximum atomic E-state index is 13.3. The largest absolute Gasteiger partial charge is 0.513 e. The number of ether oxygens (including phenoxy) is 4. The molecule has 0 saturated carbocycles. The van der Waals surface area contributed by atoms with E-state index in [0.717, 1.165) is 14.2 Å². The summed E-state index contributed by atoms with van der Waals surface area (Å²) in [6, 6.07) is 5.37. The minimum Gasteiger partial charge on any atom is -0.437 e. The first kappa shape index (κ1) is 18.2. The van der Waals surface area contributed by atoms with Gasteiger partial charge in [-0.15, -0.1) is 0 Å². The maximum absolute atomic E-state index is 13.3. The summed E-state index contributed by atoms with van der Waals surface area (Å²) in [6.07, 6.45) is -1.94. The van der Waals surface area contributed by atoms with Gasteiger partial charge in [-0.25, -0.2) is 14.0 Å². The molecule has 0 aliphatic carbocycles. The van der Waals surface area contributed by atoms with Crippen molar-refractivity contribution in [3.05, 3.63) is 41.5 Å². The number of methoxy groups -OCH3 is 2. The molecule has 0 N–H and O–H groups in total. The summed E-state index contributed by atoms with van der Waals surface area (Å²) in [5, 5.41) is 0. The van der Waals surface area contributed by atoms with Crippen LogP contribution in [0.25, 0.3) is 11.1 Å². The highest BCUT2D eigenvalue weighted by molar-refractivity contribution is 5.83. The molecule has 2 rings (SSSR count). The van der Waals surface area contributed by atoms with Crippen LogP contribution in [0.5, 0.6) is 11.5 Å². The van der Waals surface area contributed by atoms with Gasteiger partial charge in [-0.1, -0.05) is 12.1 Å². The lowest BCUT2D eigenvalue weighted by atomic mass is 10.0. The molecule has 0 fully saturated rings. The summed E-state index contributed by atoms with van der Waals surface area (Å²) in [6.45, 7) is 3.22. The summed E-state index contributed by atoms with van der Waals surface area (Å²) in [5.74, 6) is -0.386. The van der Waals surface area contributed by atoms with Crippen molar-refractivity contribution in [2.24, 2.45) is 0 Å². The Bertz CT molecular complexity index is 762. The van der Waals surface area contributed by atoms with Gasteiger partial charge in [0.05, 0.1) is 31.2 Å². The zero-order valence-corrected chi connectivity index (χ0v) is 14.1. The van der Waals surface area contributed by atoms with Gasteiger partial charge in [-0.05, 0) is 31.5 Å². The van der Waals surface area contributed by atoms with E-state index >= 15 is 0 Å². The van der Waals surface area contributed by atoms with E-state index in [0.29, 0.717) is 17.0 Å². The number of aromatic nitrogens is 1. The molecule has 132 valence electrons. The zero-order chi connectivity index (χ0) is 18.6. The second-order valence-corrected chi connectivity index (χ2v) is 4.94. The van der Waals surface area contributed by atoms with Gasteiger partial charge >= 0.3 is 12.3 Å². The summed E-state index contributed by atoms with van der Waals surface area (Å²) in [7, 11) is 2.31. The Labute approximate surface area is 143 Å². The lowest BCUT2D eigenvalue weighted by Crippen LogP contribution is -2.14. The molecule has 8 heteroatoms. The van der Waals surface area contributed by atoms with Gasteiger partial charge in [-0.2, -0.15) is 0 Å². The van der Waals surface area contributed by atoms with Crippen LogP contribution < -0.4 is 9.47 Å². The molecule has 0 aliphatic heterocycles. The first-order valence-electron chi connectivity index (χ1n) is 7.16. The van der Waals surface area contributed by atoms with Gasteiger partial charge in [0.1, 0.15) is 5.82 Å². The van der Waals surface area contributed by atoms with Crippen molar-refractivity contribution in [1.82, 2.24) is 4.98 Å². The fraction of sp³-hybridized carbons (Fsp3) is 0.235. The lowest BCUT2D eigenvalue weighted by molar-refractivity contribution is 0.119. The molecule has 7 nitrogen and oxygen atoms in total. The van der Waals surface area contributed by atoms with Crippen LogP contribution in [0.3, 0.4) is 0 Å². The normalized spacial score (nSPS) is 10.1. The van der Waals surface area contributed by atoms with Crippen molar-refractivity contribution < 1.29 is 32.9 Å². The highest BCUT2D eigenvalue weighted by Crippen LogP contribution is 2.42. The Balaban J connectivity index is 2.72. The van der Waals surface area contributed by atoms with E-state index in [2.05, 4.69) is 14.5 Å². The van der Waals surface area contributed by atoms with E-state index < -0.39 is 18.1 Å². The number of nitrogens with zero attached hydrogens (tertiary/aromatic N) is 1. The van der Waals surface area contributed by atoms with Crippen LogP contribution in [0.15, 0.2) is 24.3 Å². The van der Waals surface area contributed by atoms with E-state index in [4.69, 9.17) is 9.47 Å². The third-order valence-corrected chi connectivity index (χ3v) is 3.28. The molecule has 0 amide bonds. The average molecular weight is 349 g/mol. The molecule has 0 unspecified atom stereocenters. The van der Waals surface area contributed by atoms with Crippen LogP contribution in [0.2, 0.25) is 0 Å². The molecule has 0 atom stereocenters. The molecule has 0 bridgehead atoms. The Hall–Kier alpha value is -3.16. The van der Waals surface area contributed by atoms with Crippen molar-refractivity contribution in [2.45, 2.75) is 13.8 Å². The van der Waals surface area contributed by atoms with E-state index in [-0.39, 0.29) is 17.1 Å². The van der Waals surface area contributed by atoms with Gasteiger partial charge in [0.25, 0.3) is 0 Å². The van der Waals surface area contributed by atoms with Crippen molar-refractivity contribution in [3.8, 4) is 22.6 Å². The van der Waals surface area contributed by atoms with Gasteiger partial charge in [0.15, 0.2) is 11.5 Å². The second kappa shape index (κ2) is 7.61. The fourth-order valence-electron chi connectivity index (χ4n) is 2.20. The first-order chi connectivity index (χ1) is 11.9. The summed E-state index contributed by atoms with van der Waals surface area (Å²) >= 11 is 0. The zero-order valence-electron chi connectivity index (χ0n) is 14.1. The van der Waals surface area contributed by atoms with E-state index in [1.54, 1.807) is 13.8 Å². The number of rotatable bonds is 3. The molecule has 0 aliphatic rings. The predicted octanol–water partition coefficient (Wildman–Crippen LogP) is 3.79. The van der Waals surface area contributed by atoms with Crippen LogP contribution in [0.1, 0.15) is 11.4 Å². The molecule has 0 spiro atoms. The maximum Gasteiger partial charge on any atom is 0.513 e. The molecule has 0 radical (unpaired) electrons. The van der Waals surface area contributed by atoms with Crippen molar-refractivity contribution >= 4 is 12.3 Å². The Morgan fingerprint density at radius 1 is 0.880 bits per heavy atom. The molecule has 2 aromatic rings. The topological polar surface area (TPSA) is 84.0 Å². The van der Waals surface area contributed by atoms with Crippen molar-refractivity contribution in [3.63, 3.8) is 0 Å². The SMILES string of the molecule is COC(=O)Oc1c(C)nc(C)c(OC(=O)OC)c1-c1ccc(F)cc1. The highest BCUT2D eigenvalue weighted by atomic mass is 19.1. The Morgan fingerprint density at radius 3 is 1.72 bits per heavy atom. The summed E-state index contributed by atoms with van der Waals surface area (Å²) in [5.41, 5.74) is 1.42. The number of pyridine rings is 1. The number of hydrogen-bond acceptors (Lipinski definition) is 7. The minimum absolute atomic E-state index is 0.0305. The van der Waals surface area contributed by atoms with E-state index in [1.165, 1.54) is 24.3 Å². The first-order valence-corrected chi connectivity index (χ1v) is 7.16. The Morgan fingerprint density at radius 2 is 1.32 bits per heavy atom. The smallest absolute Gasteiger partial charge is 0.437 e. The number of benzene rings is 1. The number of carbonyl (C=O) groups excluding carboxylic acids is 2. The van der Waals surface area contributed by atoms with Gasteiger partial charge in [0.2, 0.25) is 0 Å². The van der Waals surface area contributed by atoms with E-state index in [9.17, 15) is 14.0 Å². The average Bonchev–Trinajstić information content (AvgIpc) is 2.59. The number of hydrogen-bond donors (Lipinski definition) is 0. The fourth-order valence-corrected chi connectivity index (χ4v) is 2.20. The van der Waals surface area contributed by atoms with Crippen molar-refractivity contribution in [2.75, 3.05) is 14.2 Å². The minimum atomic E-state index is -0.971. The monoisotopic (exact) mass is 349 g/mol. The number of halogens is 1. The molecule has 1 heterocycles. The van der Waals surface area contributed by atoms with Crippen LogP contribution in [0.4, 0.5) is 14.0 Å². The lowest BCUT2D eigenvalue weighted by Gasteiger charge is -2.17. The van der Waals surface area contributed by atoms with Gasteiger partial charge < -0.3 is 18.9 Å². The molecule has 0 saturated heterocycles. The van der Waals surface area contributed by atoms with Gasteiger partial charge in [0, 0.05) is 0 Å². The van der Waals surface area contributed by atoms with E-state index in [1.807, 2.05) is 0 Å². The van der Waals surface area contributed by atoms with Crippen LogP contribution in [-0.4, -0.2) is 31.5 Å². The quantitative estimate of drug-likeness (QED) is 0.779. The third kappa shape index (κ3) is 4.03. The number of carbonyl (C=O) groups is 2. The third-order valence-electron chi connectivity index (χ3n) is 3.28. The van der Waals surface area contributed by atoms with Crippen LogP contribution in [0, 0.1) is 19.7 Å². The molecule has 1 aromatic heterocycles. The highest BCUT2D eigenvalue weighted by Gasteiger charge is 2.24. The predicted molar refractivity (Wildman–Crippen MR) is 85.2 cm³/mol. The molecular formula is C17H16FNO6. The molecule has 25 heavy (non-hydrogen) atoms. The summed E-state index contributed by atoms with van der Waals surface area (Å²) in [4.78, 5) is 27.4. The summed E-state index contributed by atoms with van der Waals surface area (Å²) < 4.78 is 32.6. The standard InChI is InChI=1S/C17H16FNO6/c1-9-14(24-16(20)22-3)13(11-5-7-12(18)8-6-11)15(10(2)19-9)25-17(21)23-4/h5-8H,1-4H3. The van der Waals surface area contributed by atoms with Crippen LogP contribution >= 0.6 is 0 Å².